The van der Waals surface area contributed by atoms with Crippen LogP contribution in [0.3, 0.4) is 0 Å². The number of amides is 2. The van der Waals surface area contributed by atoms with E-state index in [9.17, 15) is 19.5 Å². The van der Waals surface area contributed by atoms with Crippen molar-refractivity contribution in [3.63, 3.8) is 0 Å². The molecule has 2 aromatic heterocycles. The number of nitrogens with one attached hydrogen (secondary N) is 1. The lowest BCUT2D eigenvalue weighted by molar-refractivity contribution is -0.175. The fourth-order valence-corrected chi connectivity index (χ4v) is 4.58. The molecule has 0 spiro atoms. The number of nitrogens with zero attached hydrogens (tertiary/aromatic N) is 4. The quantitative estimate of drug-likeness (QED) is 0.547. The first kappa shape index (κ1) is 21.1. The van der Waals surface area contributed by atoms with Crippen LogP contribution in [0.2, 0.25) is 0 Å². The maximum Gasteiger partial charge on any atom is 0.339 e. The molecule has 11 nitrogen and oxygen atoms in total. The molecule has 2 aliphatic heterocycles. The number of aliphatic carboxylic acids is 1. The van der Waals surface area contributed by atoms with E-state index in [0.29, 0.717) is 22.6 Å². The number of aromatic nitrogens is 4. The number of anilines is 1. The third-order valence-corrected chi connectivity index (χ3v) is 6.42. The number of rotatable bonds is 4. The molecule has 2 amide bonds. The van der Waals surface area contributed by atoms with Gasteiger partial charge in [0.25, 0.3) is 0 Å². The van der Waals surface area contributed by atoms with Gasteiger partial charge in [-0.15, -0.1) is 0 Å². The summed E-state index contributed by atoms with van der Waals surface area (Å²) < 4.78 is 6.34. The second-order valence-corrected chi connectivity index (χ2v) is 9.27. The average Bonchev–Trinajstić information content (AvgIpc) is 3.33. The van der Waals surface area contributed by atoms with Gasteiger partial charge in [0.05, 0.1) is 34.4 Å². The van der Waals surface area contributed by atoms with E-state index in [1.54, 1.807) is 11.0 Å². The molecule has 11 heteroatoms. The van der Waals surface area contributed by atoms with Crippen molar-refractivity contribution in [3.05, 3.63) is 29.5 Å². The first-order chi connectivity index (χ1) is 15.5. The third-order valence-electron chi connectivity index (χ3n) is 6.42. The van der Waals surface area contributed by atoms with Crippen LogP contribution in [0, 0.1) is 5.92 Å². The van der Waals surface area contributed by atoms with E-state index in [4.69, 9.17) is 10.5 Å². The van der Waals surface area contributed by atoms with Crippen molar-refractivity contribution in [1.82, 2.24) is 19.7 Å². The summed E-state index contributed by atoms with van der Waals surface area (Å²) in [5.41, 5.74) is 8.45. The van der Waals surface area contributed by atoms with Gasteiger partial charge in [-0.2, -0.15) is 9.78 Å². The van der Waals surface area contributed by atoms with Gasteiger partial charge in [-0.05, 0) is 51.5 Å². The Labute approximate surface area is 188 Å². The number of hydrogen-bond donors (Lipinski definition) is 3. The number of nitrogens with two attached hydrogens (primary N) is 1. The standard InChI is InChI=1S/C22H24N6O5/c1-9(2)27-15-6-13-12(5-11(15)22(3,4)20(27)31)24-18(25-13)14-7-16(28(26-14)21(23)32)17-10(8-33-17)19(29)30/h5-7,9-10,17H,8H2,1-4H3,(H2,23,32)(H,24,25)(H,29,30). The zero-order valence-corrected chi connectivity index (χ0v) is 18.6. The number of H-pyrrole nitrogens is 1. The van der Waals surface area contributed by atoms with Crippen LogP contribution >= 0.6 is 0 Å². The fourth-order valence-electron chi connectivity index (χ4n) is 4.58. The summed E-state index contributed by atoms with van der Waals surface area (Å²) >= 11 is 0. The highest BCUT2D eigenvalue weighted by molar-refractivity contribution is 6.09. The van der Waals surface area contributed by atoms with Gasteiger partial charge in [0.1, 0.15) is 17.7 Å². The Kier molecular flexibility index (Phi) is 4.41. The summed E-state index contributed by atoms with van der Waals surface area (Å²) in [7, 11) is 0. The first-order valence-corrected chi connectivity index (χ1v) is 10.6. The van der Waals surface area contributed by atoms with Gasteiger partial charge in [0, 0.05) is 6.04 Å². The van der Waals surface area contributed by atoms with E-state index in [2.05, 4.69) is 15.1 Å². The molecule has 2 atom stereocenters. The van der Waals surface area contributed by atoms with E-state index in [-0.39, 0.29) is 24.2 Å². The van der Waals surface area contributed by atoms with E-state index in [1.165, 1.54) is 0 Å². The van der Waals surface area contributed by atoms with Gasteiger partial charge >= 0.3 is 12.0 Å². The van der Waals surface area contributed by atoms with Gasteiger partial charge in [-0.3, -0.25) is 9.59 Å². The molecule has 0 aliphatic carbocycles. The summed E-state index contributed by atoms with van der Waals surface area (Å²) in [6.07, 6.45) is -0.823. The number of primary amides is 1. The predicted molar refractivity (Wildman–Crippen MR) is 118 cm³/mol. The minimum atomic E-state index is -1.02. The highest BCUT2D eigenvalue weighted by Crippen LogP contribution is 2.44. The number of carboxylic acid groups (broad SMARTS) is 1. The van der Waals surface area contributed by atoms with Gasteiger partial charge < -0.3 is 25.5 Å². The number of ether oxygens (including phenoxy) is 1. The highest BCUT2D eigenvalue weighted by Gasteiger charge is 2.45. The Morgan fingerprint density at radius 1 is 1.30 bits per heavy atom. The predicted octanol–water partition coefficient (Wildman–Crippen LogP) is 2.16. The van der Waals surface area contributed by atoms with Crippen LogP contribution in [-0.2, 0) is 19.7 Å². The third kappa shape index (κ3) is 2.95. The monoisotopic (exact) mass is 452 g/mol. The lowest BCUT2D eigenvalue weighted by Gasteiger charge is -2.33. The van der Waals surface area contributed by atoms with Crippen LogP contribution < -0.4 is 10.6 Å². The number of carbonyl (C=O) groups is 3. The molecule has 2 aliphatic rings. The molecule has 1 aromatic carbocycles. The molecule has 4 N–H and O–H groups in total. The Morgan fingerprint density at radius 2 is 2.03 bits per heavy atom. The molecule has 4 heterocycles. The van der Waals surface area contributed by atoms with Crippen molar-refractivity contribution >= 4 is 34.6 Å². The number of imidazole rings is 1. The minimum absolute atomic E-state index is 0.00707. The molecular formula is C22H24N6O5. The summed E-state index contributed by atoms with van der Waals surface area (Å²) in [6, 6.07) is 4.50. The second-order valence-electron chi connectivity index (χ2n) is 9.27. The van der Waals surface area contributed by atoms with Crippen LogP contribution in [0.15, 0.2) is 18.2 Å². The van der Waals surface area contributed by atoms with Gasteiger partial charge in [-0.25, -0.2) is 9.78 Å². The molecular weight excluding hydrogens is 428 g/mol. The van der Waals surface area contributed by atoms with Gasteiger partial charge in [-0.1, -0.05) is 0 Å². The smallest absolute Gasteiger partial charge is 0.339 e. The molecule has 0 saturated carbocycles. The summed E-state index contributed by atoms with van der Waals surface area (Å²) in [5.74, 6) is -1.37. The number of benzene rings is 1. The van der Waals surface area contributed by atoms with Crippen molar-refractivity contribution < 1.29 is 24.2 Å². The Balaban J connectivity index is 1.60. The van der Waals surface area contributed by atoms with Crippen molar-refractivity contribution in [2.24, 2.45) is 11.7 Å². The SMILES string of the molecule is CC(C)N1C(=O)C(C)(C)c2cc3[nH]c(-c4cc(C5OCC5C(=O)O)n(C(N)=O)n4)nc3cc21. The lowest BCUT2D eigenvalue weighted by Crippen LogP contribution is -2.40. The topological polar surface area (TPSA) is 156 Å². The molecule has 33 heavy (non-hydrogen) atoms. The van der Waals surface area contributed by atoms with Crippen molar-refractivity contribution in [3.8, 4) is 11.5 Å². The molecule has 1 saturated heterocycles. The molecule has 0 radical (unpaired) electrons. The van der Waals surface area contributed by atoms with Crippen molar-refractivity contribution in [2.75, 3.05) is 11.5 Å². The summed E-state index contributed by atoms with van der Waals surface area (Å²) in [4.78, 5) is 45.9. The zero-order chi connectivity index (χ0) is 23.8. The van der Waals surface area contributed by atoms with E-state index in [1.807, 2.05) is 39.8 Å². The maximum atomic E-state index is 13.0. The largest absolute Gasteiger partial charge is 0.481 e. The van der Waals surface area contributed by atoms with E-state index >= 15 is 0 Å². The number of carboxylic acids is 1. The van der Waals surface area contributed by atoms with Crippen LogP contribution in [0.25, 0.3) is 22.6 Å². The van der Waals surface area contributed by atoms with Gasteiger partial charge in [0.2, 0.25) is 5.91 Å². The Hall–Kier alpha value is -3.73. The van der Waals surface area contributed by atoms with E-state index in [0.717, 1.165) is 15.9 Å². The number of carbonyl (C=O) groups excluding carboxylic acids is 2. The molecule has 0 bridgehead atoms. The number of aromatic amines is 1. The van der Waals surface area contributed by atoms with Crippen molar-refractivity contribution in [1.29, 1.82) is 0 Å². The van der Waals surface area contributed by atoms with Gasteiger partial charge in [0.15, 0.2) is 5.82 Å². The summed E-state index contributed by atoms with van der Waals surface area (Å²) in [5, 5.41) is 13.6. The Morgan fingerprint density at radius 3 is 2.61 bits per heavy atom. The lowest BCUT2D eigenvalue weighted by atomic mass is 9.86. The molecule has 5 rings (SSSR count). The number of fused-ring (bicyclic) bond motifs is 2. The fraction of sp³-hybridized carbons (Fsp3) is 0.409. The molecule has 172 valence electrons. The van der Waals surface area contributed by atoms with Crippen LogP contribution in [0.1, 0.15) is 45.1 Å². The van der Waals surface area contributed by atoms with E-state index < -0.39 is 29.4 Å². The van der Waals surface area contributed by atoms with Crippen LogP contribution in [0.5, 0.6) is 0 Å². The maximum absolute atomic E-state index is 13.0. The number of hydrogen-bond acceptors (Lipinski definition) is 6. The minimum Gasteiger partial charge on any atom is -0.481 e. The zero-order valence-electron chi connectivity index (χ0n) is 18.6. The normalized spacial score (nSPS) is 21.5. The average molecular weight is 452 g/mol. The first-order valence-electron chi connectivity index (χ1n) is 10.6. The summed E-state index contributed by atoms with van der Waals surface area (Å²) in [6.45, 7) is 7.79. The highest BCUT2D eigenvalue weighted by atomic mass is 16.5. The molecule has 2 unspecified atom stereocenters. The van der Waals surface area contributed by atoms with Crippen molar-refractivity contribution in [2.45, 2.75) is 45.3 Å². The second kappa shape index (κ2) is 6.88. The molecule has 1 fully saturated rings. The van der Waals surface area contributed by atoms with Crippen LogP contribution in [-0.4, -0.2) is 55.4 Å². The Bertz CT molecular complexity index is 1340. The van der Waals surface area contributed by atoms with Crippen LogP contribution in [0.4, 0.5) is 10.5 Å². The molecule has 3 aromatic rings.